The van der Waals surface area contributed by atoms with Crippen LogP contribution in [0.2, 0.25) is 0 Å². The first-order valence-electron chi connectivity index (χ1n) is 12.1. The van der Waals surface area contributed by atoms with E-state index in [2.05, 4.69) is 5.32 Å². The van der Waals surface area contributed by atoms with Gasteiger partial charge in [0.25, 0.3) is 0 Å². The topological polar surface area (TPSA) is 114 Å². The number of hydrogen-bond acceptors (Lipinski definition) is 7. The van der Waals surface area contributed by atoms with Crippen molar-refractivity contribution in [2.45, 2.75) is 49.8 Å². The van der Waals surface area contributed by atoms with E-state index >= 15 is 0 Å². The molecule has 9 nitrogen and oxygen atoms in total. The van der Waals surface area contributed by atoms with Crippen molar-refractivity contribution < 1.29 is 32.5 Å². The second-order valence-corrected chi connectivity index (χ2v) is 11.2. The number of nitrogens with zero attached hydrogens (tertiary/aromatic N) is 1. The molecule has 1 aliphatic rings. The number of aliphatic hydroxyl groups excluding tert-OH is 1. The standard InChI is InChI=1S/C26H36N2O7S/c1-19(2)16-28(36(31,32)23-11-9-21(33-3)10-12-23)17-25(29)24(15-20-7-5-4-6-8-20)27-26(30)35-22-13-14-34-18-22/h4-12,19,22,24-25,29H,13-18H2,1-3H3,(H,27,30)/t22?,24-,25+/m0/s1. The van der Waals surface area contributed by atoms with Crippen molar-refractivity contribution in [1.82, 2.24) is 9.62 Å². The number of sulfonamides is 1. The van der Waals surface area contributed by atoms with E-state index in [1.807, 2.05) is 44.2 Å². The zero-order chi connectivity index (χ0) is 26.1. The monoisotopic (exact) mass is 520 g/mol. The molecular formula is C26H36N2O7S. The van der Waals surface area contributed by atoms with Crippen molar-refractivity contribution in [3.8, 4) is 5.75 Å². The third-order valence-corrected chi connectivity index (χ3v) is 7.73. The Bertz CT molecular complexity index is 1060. The van der Waals surface area contributed by atoms with E-state index in [0.717, 1.165) is 5.56 Å². The zero-order valence-corrected chi connectivity index (χ0v) is 21.8. The average Bonchev–Trinajstić information content (AvgIpc) is 3.36. The molecule has 0 bridgehead atoms. The fraction of sp³-hybridized carbons (Fsp3) is 0.500. The van der Waals surface area contributed by atoms with Crippen molar-refractivity contribution in [1.29, 1.82) is 0 Å². The number of alkyl carbamates (subject to hydrolysis) is 1. The van der Waals surface area contributed by atoms with E-state index in [0.29, 0.717) is 31.8 Å². The molecule has 2 aromatic carbocycles. The Labute approximate surface area is 213 Å². The molecule has 1 saturated heterocycles. The minimum atomic E-state index is -3.91. The number of nitrogens with one attached hydrogen (secondary N) is 1. The second kappa shape index (κ2) is 13.0. The van der Waals surface area contributed by atoms with Gasteiger partial charge in [-0.25, -0.2) is 13.2 Å². The Balaban J connectivity index is 1.80. The molecule has 1 aliphatic heterocycles. The summed E-state index contributed by atoms with van der Waals surface area (Å²) < 4.78 is 44.0. The number of rotatable bonds is 12. The van der Waals surface area contributed by atoms with E-state index < -0.39 is 28.3 Å². The molecule has 3 rings (SSSR count). The van der Waals surface area contributed by atoms with Gasteiger partial charge in [-0.15, -0.1) is 0 Å². The van der Waals surface area contributed by atoms with Gasteiger partial charge < -0.3 is 24.6 Å². The summed E-state index contributed by atoms with van der Waals surface area (Å²) in [4.78, 5) is 12.7. The Hall–Kier alpha value is -2.66. The van der Waals surface area contributed by atoms with Crippen LogP contribution in [-0.4, -0.2) is 75.6 Å². The predicted octanol–water partition coefficient (Wildman–Crippen LogP) is 2.83. The molecule has 2 aromatic rings. The van der Waals surface area contributed by atoms with Gasteiger partial charge in [0.05, 0.1) is 37.4 Å². The summed E-state index contributed by atoms with van der Waals surface area (Å²) in [6.07, 6.45) is -1.28. The van der Waals surface area contributed by atoms with E-state index in [1.165, 1.54) is 23.5 Å². The van der Waals surface area contributed by atoms with Crippen molar-refractivity contribution in [2.24, 2.45) is 5.92 Å². The van der Waals surface area contributed by atoms with Gasteiger partial charge in [-0.3, -0.25) is 0 Å². The molecule has 0 aromatic heterocycles. The average molecular weight is 521 g/mol. The third-order valence-electron chi connectivity index (χ3n) is 5.88. The number of ether oxygens (including phenoxy) is 3. The van der Waals surface area contributed by atoms with Gasteiger partial charge in [-0.2, -0.15) is 4.31 Å². The smallest absolute Gasteiger partial charge is 0.407 e. The Morgan fingerprint density at radius 2 is 1.83 bits per heavy atom. The lowest BCUT2D eigenvalue weighted by Crippen LogP contribution is -2.51. The highest BCUT2D eigenvalue weighted by Gasteiger charge is 2.32. The van der Waals surface area contributed by atoms with Gasteiger partial charge in [0, 0.05) is 19.5 Å². The summed E-state index contributed by atoms with van der Waals surface area (Å²) in [5.41, 5.74) is 0.888. The van der Waals surface area contributed by atoms with Crippen LogP contribution in [-0.2, 0) is 25.9 Å². The van der Waals surface area contributed by atoms with E-state index in [-0.39, 0.29) is 30.0 Å². The highest BCUT2D eigenvalue weighted by atomic mass is 32.2. The SMILES string of the molecule is COc1ccc(S(=O)(=O)N(CC(C)C)C[C@@H](O)[C@H](Cc2ccccc2)NC(=O)OC2CCOC2)cc1. The molecule has 0 spiro atoms. The van der Waals surface area contributed by atoms with Gasteiger partial charge >= 0.3 is 6.09 Å². The summed E-state index contributed by atoms with van der Waals surface area (Å²) in [7, 11) is -2.40. The lowest BCUT2D eigenvalue weighted by atomic mass is 10.0. The summed E-state index contributed by atoms with van der Waals surface area (Å²) in [5.74, 6) is 0.556. The number of aliphatic hydroxyl groups is 1. The van der Waals surface area contributed by atoms with Crippen LogP contribution in [0.1, 0.15) is 25.8 Å². The van der Waals surface area contributed by atoms with Crippen molar-refractivity contribution >= 4 is 16.1 Å². The Morgan fingerprint density at radius 3 is 2.42 bits per heavy atom. The zero-order valence-electron chi connectivity index (χ0n) is 21.0. The van der Waals surface area contributed by atoms with Gasteiger partial charge in [-0.1, -0.05) is 44.2 Å². The van der Waals surface area contributed by atoms with E-state index in [1.54, 1.807) is 12.1 Å². The number of hydrogen-bond donors (Lipinski definition) is 2. The molecule has 0 radical (unpaired) electrons. The summed E-state index contributed by atoms with van der Waals surface area (Å²) in [5, 5.41) is 14.0. The van der Waals surface area contributed by atoms with Crippen LogP contribution in [0.5, 0.6) is 5.75 Å². The van der Waals surface area contributed by atoms with E-state index in [9.17, 15) is 18.3 Å². The Morgan fingerprint density at radius 1 is 1.14 bits per heavy atom. The van der Waals surface area contributed by atoms with Crippen LogP contribution in [0.25, 0.3) is 0 Å². The lowest BCUT2D eigenvalue weighted by molar-refractivity contribution is 0.0644. The molecule has 2 N–H and O–H groups in total. The highest BCUT2D eigenvalue weighted by molar-refractivity contribution is 7.89. The largest absolute Gasteiger partial charge is 0.497 e. The van der Waals surface area contributed by atoms with Crippen molar-refractivity contribution in [2.75, 3.05) is 33.4 Å². The lowest BCUT2D eigenvalue weighted by Gasteiger charge is -2.30. The molecule has 1 unspecified atom stereocenters. The van der Waals surface area contributed by atoms with Crippen LogP contribution < -0.4 is 10.1 Å². The first-order valence-corrected chi connectivity index (χ1v) is 13.5. The number of carbonyl (C=O) groups excluding carboxylic acids is 1. The molecule has 0 saturated carbocycles. The van der Waals surface area contributed by atoms with Gasteiger partial charge in [-0.05, 0) is 42.2 Å². The van der Waals surface area contributed by atoms with Crippen LogP contribution >= 0.6 is 0 Å². The van der Waals surface area contributed by atoms with Crippen LogP contribution in [0, 0.1) is 5.92 Å². The second-order valence-electron chi connectivity index (χ2n) is 9.29. The maximum Gasteiger partial charge on any atom is 0.407 e. The van der Waals surface area contributed by atoms with Crippen LogP contribution in [0.15, 0.2) is 59.5 Å². The number of carbonyl (C=O) groups is 1. The molecule has 0 aliphatic carbocycles. The van der Waals surface area contributed by atoms with Crippen LogP contribution in [0.4, 0.5) is 4.79 Å². The minimum Gasteiger partial charge on any atom is -0.497 e. The Kier molecular flexibility index (Phi) is 10.1. The fourth-order valence-electron chi connectivity index (χ4n) is 4.00. The van der Waals surface area contributed by atoms with Crippen LogP contribution in [0.3, 0.4) is 0 Å². The number of amides is 1. The maximum atomic E-state index is 13.5. The quantitative estimate of drug-likeness (QED) is 0.442. The maximum absolute atomic E-state index is 13.5. The molecule has 1 heterocycles. The summed E-state index contributed by atoms with van der Waals surface area (Å²) in [6, 6.07) is 14.7. The summed E-state index contributed by atoms with van der Waals surface area (Å²) in [6.45, 7) is 4.68. The fourth-order valence-corrected chi connectivity index (χ4v) is 5.63. The molecule has 1 amide bonds. The third kappa shape index (κ3) is 7.92. The highest BCUT2D eigenvalue weighted by Crippen LogP contribution is 2.22. The van der Waals surface area contributed by atoms with E-state index in [4.69, 9.17) is 14.2 Å². The molecule has 36 heavy (non-hydrogen) atoms. The molecule has 3 atom stereocenters. The first-order chi connectivity index (χ1) is 17.2. The normalized spacial score (nSPS) is 17.7. The van der Waals surface area contributed by atoms with Gasteiger partial charge in [0.1, 0.15) is 11.9 Å². The minimum absolute atomic E-state index is 0.0121. The molecule has 198 valence electrons. The molecular weight excluding hydrogens is 484 g/mol. The van der Waals surface area contributed by atoms with Crippen molar-refractivity contribution in [3.05, 3.63) is 60.2 Å². The van der Waals surface area contributed by atoms with Crippen molar-refractivity contribution in [3.63, 3.8) is 0 Å². The molecule has 1 fully saturated rings. The number of methoxy groups -OCH3 is 1. The first kappa shape index (κ1) is 27.9. The number of benzene rings is 2. The van der Waals surface area contributed by atoms with Gasteiger partial charge in [0.15, 0.2) is 0 Å². The molecule has 10 heteroatoms. The predicted molar refractivity (Wildman–Crippen MR) is 135 cm³/mol. The summed E-state index contributed by atoms with van der Waals surface area (Å²) >= 11 is 0. The van der Waals surface area contributed by atoms with Gasteiger partial charge in [0.2, 0.25) is 10.0 Å².